The Morgan fingerprint density at radius 3 is 2.08 bits per heavy atom. The van der Waals surface area contributed by atoms with E-state index in [9.17, 15) is 8.42 Å². The smallest absolute Gasteiger partial charge is 0.368 e. The topological polar surface area (TPSA) is 133 Å². The number of hydroxylamine groups is 2. The normalized spacial score (nSPS) is 21.8. The highest BCUT2D eigenvalue weighted by atomic mass is 32.3. The van der Waals surface area contributed by atoms with Gasteiger partial charge in [-0.05, 0) is 11.6 Å². The lowest BCUT2D eigenvalue weighted by Gasteiger charge is -2.21. The van der Waals surface area contributed by atoms with Crippen molar-refractivity contribution in [3.8, 4) is 0 Å². The Morgan fingerprint density at radius 2 is 1.50 bits per heavy atom. The highest BCUT2D eigenvalue weighted by molar-refractivity contribution is 7.81. The minimum Gasteiger partial charge on any atom is -0.368 e. The summed E-state index contributed by atoms with van der Waals surface area (Å²) >= 11 is 0. The van der Waals surface area contributed by atoms with E-state index in [-0.39, 0.29) is 18.5 Å². The zero-order valence-electron chi connectivity index (χ0n) is 14.3. The van der Waals surface area contributed by atoms with E-state index in [1.807, 2.05) is 0 Å². The molecule has 0 aliphatic carbocycles. The maximum absolute atomic E-state index is 11.4. The summed E-state index contributed by atoms with van der Waals surface area (Å²) in [5, 5.41) is 4.03. The standard InChI is InChI=1S/C14H29N5O4S/c1-2-3-4-5-6-7-8-9-10-11-12-19-14(16)17-13(15)18-22-24(20,21)23-19/h2-12H2,1H3,(H4,15,16,17,18). The van der Waals surface area contributed by atoms with Gasteiger partial charge in [-0.15, -0.1) is 4.28 Å². The third-order valence-electron chi connectivity index (χ3n) is 3.60. The fourth-order valence-electron chi connectivity index (χ4n) is 2.33. The van der Waals surface area contributed by atoms with Gasteiger partial charge in [0.25, 0.3) is 5.96 Å². The van der Waals surface area contributed by atoms with E-state index in [0.29, 0.717) is 0 Å². The summed E-state index contributed by atoms with van der Waals surface area (Å²) in [7, 11) is -4.32. The Bertz CT molecular complexity index is 521. The van der Waals surface area contributed by atoms with Crippen molar-refractivity contribution < 1.29 is 17.0 Å². The second-order valence-electron chi connectivity index (χ2n) is 5.76. The molecular weight excluding hydrogens is 334 g/mol. The van der Waals surface area contributed by atoms with Crippen LogP contribution in [0.1, 0.15) is 71.1 Å². The Kier molecular flexibility index (Phi) is 9.46. The molecule has 0 aromatic rings. The van der Waals surface area contributed by atoms with Gasteiger partial charge in [0.1, 0.15) is 0 Å². The molecule has 0 atom stereocenters. The number of hydrogen-bond donors (Lipinski definition) is 2. The van der Waals surface area contributed by atoms with Crippen molar-refractivity contribution in [1.82, 2.24) is 5.06 Å². The van der Waals surface area contributed by atoms with E-state index >= 15 is 0 Å². The molecular formula is C14H29N5O4S. The zero-order valence-corrected chi connectivity index (χ0v) is 15.1. The van der Waals surface area contributed by atoms with Crippen molar-refractivity contribution in [2.45, 2.75) is 71.1 Å². The van der Waals surface area contributed by atoms with Gasteiger partial charge in [-0.1, -0.05) is 64.7 Å². The minimum atomic E-state index is -4.32. The van der Waals surface area contributed by atoms with Crippen LogP contribution in [-0.4, -0.2) is 31.9 Å². The van der Waals surface area contributed by atoms with E-state index in [2.05, 4.69) is 25.6 Å². The summed E-state index contributed by atoms with van der Waals surface area (Å²) in [5.74, 6) is -0.550. The molecule has 140 valence electrons. The molecule has 9 nitrogen and oxygen atoms in total. The SMILES string of the molecule is CCCCCCCCCCCCN1OS(=O)(=O)O/N=C(N)\N=C/1N. The van der Waals surface area contributed by atoms with E-state index in [1.165, 1.54) is 44.9 Å². The van der Waals surface area contributed by atoms with Crippen molar-refractivity contribution in [2.75, 3.05) is 6.54 Å². The Labute approximate surface area is 144 Å². The average Bonchev–Trinajstić information content (AvgIpc) is 2.52. The number of oxime groups is 1. The third-order valence-corrected chi connectivity index (χ3v) is 4.22. The van der Waals surface area contributed by atoms with Gasteiger partial charge in [-0.2, -0.15) is 13.4 Å². The lowest BCUT2D eigenvalue weighted by Crippen LogP contribution is -2.42. The molecule has 1 heterocycles. The summed E-state index contributed by atoms with van der Waals surface area (Å²) in [6, 6.07) is 0. The van der Waals surface area contributed by atoms with Crippen LogP contribution in [0.5, 0.6) is 0 Å². The summed E-state index contributed by atoms with van der Waals surface area (Å²) in [6.45, 7) is 2.49. The number of aliphatic imine (C=N–C) groups is 1. The van der Waals surface area contributed by atoms with Crippen molar-refractivity contribution in [3.05, 3.63) is 0 Å². The van der Waals surface area contributed by atoms with E-state index < -0.39 is 10.4 Å². The molecule has 0 bridgehead atoms. The van der Waals surface area contributed by atoms with E-state index in [4.69, 9.17) is 11.5 Å². The number of rotatable bonds is 11. The van der Waals surface area contributed by atoms with Gasteiger partial charge < -0.3 is 11.5 Å². The number of nitrogens with zero attached hydrogens (tertiary/aromatic N) is 3. The quantitative estimate of drug-likeness (QED) is 0.536. The van der Waals surface area contributed by atoms with Crippen molar-refractivity contribution >= 4 is 22.3 Å². The summed E-state index contributed by atoms with van der Waals surface area (Å²) in [6.07, 6.45) is 11.7. The second-order valence-corrected chi connectivity index (χ2v) is 6.88. The summed E-state index contributed by atoms with van der Waals surface area (Å²) < 4.78 is 31.8. The first-order chi connectivity index (χ1) is 11.4. The number of hydrogen-bond acceptors (Lipinski definition) is 9. The lowest BCUT2D eigenvalue weighted by atomic mass is 10.1. The molecule has 0 fully saturated rings. The van der Waals surface area contributed by atoms with Crippen LogP contribution in [0.25, 0.3) is 0 Å². The van der Waals surface area contributed by atoms with Gasteiger partial charge in [0.2, 0.25) is 5.96 Å². The molecule has 4 N–H and O–H groups in total. The molecule has 0 unspecified atom stereocenters. The first kappa shape index (κ1) is 20.5. The minimum absolute atomic E-state index is 0.168. The fourth-order valence-corrected chi connectivity index (χ4v) is 2.90. The van der Waals surface area contributed by atoms with Crippen LogP contribution in [-0.2, 0) is 19.0 Å². The Hall–Kier alpha value is -1.55. The monoisotopic (exact) mass is 363 g/mol. The van der Waals surface area contributed by atoms with E-state index in [1.54, 1.807) is 0 Å². The highest BCUT2D eigenvalue weighted by Gasteiger charge is 2.24. The van der Waals surface area contributed by atoms with Gasteiger partial charge in [0.05, 0.1) is 6.54 Å². The molecule has 1 aliphatic heterocycles. The maximum Gasteiger partial charge on any atom is 0.491 e. The first-order valence-electron chi connectivity index (χ1n) is 8.53. The van der Waals surface area contributed by atoms with Gasteiger partial charge in [0, 0.05) is 0 Å². The molecule has 24 heavy (non-hydrogen) atoms. The van der Waals surface area contributed by atoms with Gasteiger partial charge in [-0.25, -0.2) is 9.35 Å². The molecule has 1 rings (SSSR count). The number of unbranched alkanes of at least 4 members (excludes halogenated alkanes) is 9. The van der Waals surface area contributed by atoms with Crippen molar-refractivity contribution in [2.24, 2.45) is 21.6 Å². The van der Waals surface area contributed by atoms with Crippen LogP contribution in [0, 0.1) is 0 Å². The Balaban J connectivity index is 2.22. The lowest BCUT2D eigenvalue weighted by molar-refractivity contribution is 0.00256. The second kappa shape index (κ2) is 11.1. The van der Waals surface area contributed by atoms with Crippen LogP contribution >= 0.6 is 0 Å². The molecule has 10 heteroatoms. The molecule has 0 amide bonds. The highest BCUT2D eigenvalue weighted by Crippen LogP contribution is 2.12. The van der Waals surface area contributed by atoms with Crippen LogP contribution in [0.3, 0.4) is 0 Å². The first-order valence-corrected chi connectivity index (χ1v) is 9.86. The largest absolute Gasteiger partial charge is 0.491 e. The molecule has 0 saturated heterocycles. The van der Waals surface area contributed by atoms with Gasteiger partial charge in [0.15, 0.2) is 0 Å². The molecule has 0 aromatic heterocycles. The van der Waals surface area contributed by atoms with Crippen LogP contribution in [0.4, 0.5) is 0 Å². The third kappa shape index (κ3) is 8.92. The van der Waals surface area contributed by atoms with Crippen molar-refractivity contribution in [3.63, 3.8) is 0 Å². The molecule has 0 spiro atoms. The van der Waals surface area contributed by atoms with Crippen LogP contribution in [0.2, 0.25) is 0 Å². The summed E-state index contributed by atoms with van der Waals surface area (Å²) in [4.78, 5) is 3.68. The Morgan fingerprint density at radius 1 is 0.958 bits per heavy atom. The fraction of sp³-hybridized carbons (Fsp3) is 0.857. The van der Waals surface area contributed by atoms with Crippen LogP contribution in [0.15, 0.2) is 10.1 Å². The predicted octanol–water partition coefficient (Wildman–Crippen LogP) is 1.96. The molecule has 0 aromatic carbocycles. The van der Waals surface area contributed by atoms with Gasteiger partial charge >= 0.3 is 10.4 Å². The zero-order chi connectivity index (χ0) is 17.8. The van der Waals surface area contributed by atoms with E-state index in [0.717, 1.165) is 24.3 Å². The molecule has 0 saturated carbocycles. The number of guanidine groups is 2. The van der Waals surface area contributed by atoms with Crippen molar-refractivity contribution in [1.29, 1.82) is 0 Å². The summed E-state index contributed by atoms with van der Waals surface area (Å²) in [5.41, 5.74) is 11.0. The van der Waals surface area contributed by atoms with Crippen LogP contribution < -0.4 is 11.5 Å². The number of nitrogens with two attached hydrogens (primary N) is 2. The van der Waals surface area contributed by atoms with Gasteiger partial charge in [-0.3, -0.25) is 0 Å². The molecule has 0 radical (unpaired) electrons. The average molecular weight is 363 g/mol. The molecule has 1 aliphatic rings. The maximum atomic E-state index is 11.4. The predicted molar refractivity (Wildman–Crippen MR) is 92.9 cm³/mol.